The van der Waals surface area contributed by atoms with Crippen LogP contribution in [0.3, 0.4) is 0 Å². The third-order valence-electron chi connectivity index (χ3n) is 5.20. The lowest BCUT2D eigenvalue weighted by Crippen LogP contribution is -2.15. The lowest BCUT2D eigenvalue weighted by Gasteiger charge is -2.16. The average Bonchev–Trinajstić information content (AvgIpc) is 3.21. The Morgan fingerprint density at radius 1 is 0.966 bits per heavy atom. The summed E-state index contributed by atoms with van der Waals surface area (Å²) in [5.41, 5.74) is 3.95. The maximum absolute atomic E-state index is 12.7. The summed E-state index contributed by atoms with van der Waals surface area (Å²) in [5, 5.41) is 10.8. The molecule has 7 heteroatoms. The van der Waals surface area contributed by atoms with Gasteiger partial charge in [-0.1, -0.05) is 24.3 Å². The molecule has 1 N–H and O–H groups in total. The molecule has 0 radical (unpaired) electrons. The number of benzene rings is 2. The largest absolute Gasteiger partial charge is 0.451 e. The average molecular weight is 387 g/mol. The minimum atomic E-state index is -0.595. The summed E-state index contributed by atoms with van der Waals surface area (Å²) in [5.74, 6) is -0.516. The van der Waals surface area contributed by atoms with Gasteiger partial charge in [0.1, 0.15) is 5.58 Å². The van der Waals surface area contributed by atoms with Crippen LogP contribution in [0.5, 0.6) is 0 Å². The van der Waals surface area contributed by atoms with Crippen molar-refractivity contribution in [2.45, 2.75) is 25.7 Å². The molecule has 2 heterocycles. The molecule has 4 aromatic rings. The van der Waals surface area contributed by atoms with E-state index in [9.17, 15) is 9.59 Å². The summed E-state index contributed by atoms with van der Waals surface area (Å²) in [6.45, 7) is 0. The van der Waals surface area contributed by atoms with E-state index in [1.165, 1.54) is 23.6 Å². The van der Waals surface area contributed by atoms with E-state index in [2.05, 4.69) is 27.8 Å². The van der Waals surface area contributed by atoms with Crippen molar-refractivity contribution >= 4 is 22.7 Å². The number of aryl methyl sites for hydroxylation is 2. The molecule has 2 aromatic heterocycles. The topological polar surface area (TPSA) is 98.2 Å². The van der Waals surface area contributed by atoms with Gasteiger partial charge in [0.25, 0.3) is 5.91 Å². The third kappa shape index (κ3) is 3.20. The van der Waals surface area contributed by atoms with Crippen molar-refractivity contribution in [3.8, 4) is 11.3 Å². The molecule has 29 heavy (non-hydrogen) atoms. The highest BCUT2D eigenvalue weighted by molar-refractivity contribution is 6.04. The Kier molecular flexibility index (Phi) is 4.20. The van der Waals surface area contributed by atoms with E-state index in [-0.39, 0.29) is 17.0 Å². The van der Waals surface area contributed by atoms with Crippen LogP contribution in [0.2, 0.25) is 0 Å². The Hall–Kier alpha value is -3.74. The van der Waals surface area contributed by atoms with Gasteiger partial charge in [-0.15, -0.1) is 0 Å². The van der Waals surface area contributed by atoms with Gasteiger partial charge in [-0.05, 0) is 65.3 Å². The second-order valence-electron chi connectivity index (χ2n) is 7.08. The van der Waals surface area contributed by atoms with E-state index in [0.717, 1.165) is 24.8 Å². The lowest BCUT2D eigenvalue weighted by molar-refractivity contribution is 0.0996. The minimum absolute atomic E-state index is 0.104. The molecule has 0 spiro atoms. The van der Waals surface area contributed by atoms with Crippen LogP contribution in [-0.2, 0) is 12.8 Å². The number of hydrogen-bond acceptors (Lipinski definition) is 6. The second-order valence-corrected chi connectivity index (χ2v) is 7.08. The number of carbonyl (C=O) groups is 1. The van der Waals surface area contributed by atoms with Gasteiger partial charge < -0.3 is 4.42 Å². The first-order valence-electron chi connectivity index (χ1n) is 9.48. The molecule has 2 aromatic carbocycles. The first-order valence-corrected chi connectivity index (χ1v) is 9.48. The Morgan fingerprint density at radius 2 is 1.79 bits per heavy atom. The van der Waals surface area contributed by atoms with Crippen LogP contribution in [0.4, 0.5) is 5.82 Å². The molecule has 0 bridgehead atoms. The Balaban J connectivity index is 1.46. The predicted molar refractivity (Wildman–Crippen MR) is 107 cm³/mol. The number of nitrogens with one attached hydrogen (secondary N) is 1. The second kappa shape index (κ2) is 7.01. The Bertz CT molecular complexity index is 1290. The fraction of sp³-hybridized carbons (Fsp3) is 0.182. The number of carbonyl (C=O) groups excluding carboxylic acids is 1. The van der Waals surface area contributed by atoms with Crippen LogP contribution in [0, 0.1) is 0 Å². The van der Waals surface area contributed by atoms with E-state index >= 15 is 0 Å². The fourth-order valence-corrected chi connectivity index (χ4v) is 3.73. The molecule has 1 amide bonds. The normalized spacial score (nSPS) is 13.2. The van der Waals surface area contributed by atoms with Crippen LogP contribution >= 0.6 is 0 Å². The highest BCUT2D eigenvalue weighted by Crippen LogP contribution is 2.30. The minimum Gasteiger partial charge on any atom is -0.451 e. The standard InChI is InChI=1S/C22H17N3O4/c26-17-12-19(28-18-8-4-3-7-16(17)18)22(27)23-21-20(24-29-25-21)15-10-9-13-5-1-2-6-14(13)11-15/h3-4,7-12H,1-2,5-6H2,(H,23,25,27). The maximum Gasteiger partial charge on any atom is 0.292 e. The van der Waals surface area contributed by atoms with Crippen LogP contribution in [-0.4, -0.2) is 16.2 Å². The highest BCUT2D eigenvalue weighted by Gasteiger charge is 2.20. The van der Waals surface area contributed by atoms with Gasteiger partial charge in [0.2, 0.25) is 5.82 Å². The van der Waals surface area contributed by atoms with Crippen molar-refractivity contribution < 1.29 is 13.8 Å². The van der Waals surface area contributed by atoms with E-state index in [1.807, 2.05) is 6.07 Å². The summed E-state index contributed by atoms with van der Waals surface area (Å²) in [6.07, 6.45) is 4.48. The van der Waals surface area contributed by atoms with Gasteiger partial charge in [0, 0.05) is 11.6 Å². The summed E-state index contributed by atoms with van der Waals surface area (Å²) < 4.78 is 10.5. The quantitative estimate of drug-likeness (QED) is 0.571. The van der Waals surface area contributed by atoms with Crippen molar-refractivity contribution in [3.63, 3.8) is 0 Å². The zero-order valence-electron chi connectivity index (χ0n) is 15.5. The molecule has 0 atom stereocenters. The van der Waals surface area contributed by atoms with Crippen molar-refractivity contribution in [3.05, 3.63) is 75.6 Å². The molecule has 1 aliphatic carbocycles. The number of aromatic nitrogens is 2. The summed E-state index contributed by atoms with van der Waals surface area (Å²) in [7, 11) is 0. The first-order chi connectivity index (χ1) is 14.2. The van der Waals surface area contributed by atoms with Crippen LogP contribution in [0.15, 0.2) is 62.4 Å². The van der Waals surface area contributed by atoms with Crippen LogP contribution < -0.4 is 10.7 Å². The Labute approximate surface area is 165 Å². The summed E-state index contributed by atoms with van der Waals surface area (Å²) >= 11 is 0. The number of rotatable bonds is 3. The molecule has 7 nitrogen and oxygen atoms in total. The number of hydrogen-bond donors (Lipinski definition) is 1. The van der Waals surface area contributed by atoms with E-state index in [0.29, 0.717) is 16.7 Å². The number of anilines is 1. The predicted octanol–water partition coefficient (Wildman–Crippen LogP) is 3.97. The smallest absolute Gasteiger partial charge is 0.292 e. The first kappa shape index (κ1) is 17.4. The van der Waals surface area contributed by atoms with Crippen LogP contribution in [0.25, 0.3) is 22.2 Å². The number of amides is 1. The third-order valence-corrected chi connectivity index (χ3v) is 5.20. The van der Waals surface area contributed by atoms with Gasteiger partial charge in [-0.25, -0.2) is 4.63 Å². The zero-order chi connectivity index (χ0) is 19.8. The van der Waals surface area contributed by atoms with Crippen LogP contribution in [0.1, 0.15) is 34.5 Å². The van der Waals surface area contributed by atoms with Gasteiger partial charge in [0.15, 0.2) is 16.9 Å². The Morgan fingerprint density at radius 3 is 2.69 bits per heavy atom. The number of para-hydroxylation sites is 1. The monoisotopic (exact) mass is 387 g/mol. The molecule has 0 unspecified atom stereocenters. The number of nitrogens with zero attached hydrogens (tertiary/aromatic N) is 2. The SMILES string of the molecule is O=C(Nc1nonc1-c1ccc2c(c1)CCCC2)c1cc(=O)c2ccccc2o1. The molecule has 0 saturated carbocycles. The molecule has 144 valence electrons. The molecule has 1 aliphatic rings. The molecule has 5 rings (SSSR count). The van der Waals surface area contributed by atoms with Crippen molar-refractivity contribution in [2.75, 3.05) is 5.32 Å². The van der Waals surface area contributed by atoms with E-state index in [1.54, 1.807) is 24.3 Å². The van der Waals surface area contributed by atoms with Crippen molar-refractivity contribution in [1.29, 1.82) is 0 Å². The summed E-state index contributed by atoms with van der Waals surface area (Å²) in [4.78, 5) is 24.9. The van der Waals surface area contributed by atoms with Crippen molar-refractivity contribution in [1.82, 2.24) is 10.3 Å². The summed E-state index contributed by atoms with van der Waals surface area (Å²) in [6, 6.07) is 14.1. The molecular weight excluding hydrogens is 370 g/mol. The maximum atomic E-state index is 12.7. The number of fused-ring (bicyclic) bond motifs is 2. The van der Waals surface area contributed by atoms with Gasteiger partial charge in [-0.3, -0.25) is 14.9 Å². The van der Waals surface area contributed by atoms with Gasteiger partial charge in [0.05, 0.1) is 5.39 Å². The van der Waals surface area contributed by atoms with Crippen molar-refractivity contribution in [2.24, 2.45) is 0 Å². The molecule has 0 saturated heterocycles. The lowest BCUT2D eigenvalue weighted by atomic mass is 9.90. The zero-order valence-corrected chi connectivity index (χ0v) is 15.5. The molecular formula is C22H17N3O4. The fourth-order valence-electron chi connectivity index (χ4n) is 3.73. The molecule has 0 fully saturated rings. The van der Waals surface area contributed by atoms with Gasteiger partial charge >= 0.3 is 0 Å². The van der Waals surface area contributed by atoms with Gasteiger partial charge in [-0.2, -0.15) is 0 Å². The highest BCUT2D eigenvalue weighted by atomic mass is 16.6. The van der Waals surface area contributed by atoms with E-state index in [4.69, 9.17) is 9.05 Å². The van der Waals surface area contributed by atoms with E-state index < -0.39 is 5.91 Å². The molecule has 0 aliphatic heterocycles.